The summed E-state index contributed by atoms with van der Waals surface area (Å²) in [5.41, 5.74) is 1.28. The van der Waals surface area contributed by atoms with Crippen molar-refractivity contribution in [2.45, 2.75) is 30.0 Å². The van der Waals surface area contributed by atoms with Crippen LogP contribution in [0, 0.1) is 10.1 Å². The molecule has 24 heavy (non-hydrogen) atoms. The third-order valence-corrected chi connectivity index (χ3v) is 7.11. The molecule has 3 aromatic heterocycles. The molecule has 124 valence electrons. The fourth-order valence-corrected chi connectivity index (χ4v) is 5.43. The first-order chi connectivity index (χ1) is 11.7. The summed E-state index contributed by atoms with van der Waals surface area (Å²) in [6, 6.07) is 0. The quantitative estimate of drug-likeness (QED) is 0.408. The molecule has 0 aliphatic heterocycles. The molecule has 0 radical (unpaired) electrons. The monoisotopic (exact) mass is 379 g/mol. The molecule has 0 unspecified atom stereocenters. The Hall–Kier alpha value is -1.78. The standard InChI is InChI=1S/C14H13N5O2S3/c1-22-14-18-11(13(24-14)19(20)21)17-10-9-7-4-2-3-5-8(7)23-12(9)16-6-15-10/h6H,2-5H2,1H3,(H,15,16,17). The van der Waals surface area contributed by atoms with E-state index >= 15 is 0 Å². The minimum Gasteiger partial charge on any atom is -0.318 e. The predicted octanol–water partition coefficient (Wildman–Crippen LogP) is 4.40. The van der Waals surface area contributed by atoms with E-state index < -0.39 is 4.92 Å². The minimum absolute atomic E-state index is 0.00945. The topological polar surface area (TPSA) is 93.8 Å². The molecule has 0 fully saturated rings. The first kappa shape index (κ1) is 15.7. The van der Waals surface area contributed by atoms with Gasteiger partial charge in [0.05, 0.1) is 10.3 Å². The molecule has 0 spiro atoms. The molecule has 10 heteroatoms. The van der Waals surface area contributed by atoms with Crippen LogP contribution in [0.3, 0.4) is 0 Å². The SMILES string of the molecule is CSc1nc(Nc2ncnc3sc4c(c23)CCCC4)c([N+](=O)[O-])s1. The molecule has 3 aromatic rings. The highest BCUT2D eigenvalue weighted by molar-refractivity contribution is 8.00. The van der Waals surface area contributed by atoms with Crippen molar-refractivity contribution in [1.29, 1.82) is 0 Å². The van der Waals surface area contributed by atoms with Gasteiger partial charge in [0, 0.05) is 4.88 Å². The average Bonchev–Trinajstić information content (AvgIpc) is 3.16. The number of nitro groups is 1. The Balaban J connectivity index is 1.82. The molecule has 7 nitrogen and oxygen atoms in total. The minimum atomic E-state index is -0.402. The molecule has 0 aromatic carbocycles. The van der Waals surface area contributed by atoms with Crippen LogP contribution in [0.4, 0.5) is 16.6 Å². The van der Waals surface area contributed by atoms with Crippen LogP contribution in [0.1, 0.15) is 23.3 Å². The number of hydrogen-bond acceptors (Lipinski definition) is 9. The van der Waals surface area contributed by atoms with E-state index in [0.29, 0.717) is 10.2 Å². The number of rotatable bonds is 4. The molecule has 1 N–H and O–H groups in total. The molecule has 1 aliphatic rings. The number of hydrogen-bond donors (Lipinski definition) is 1. The maximum absolute atomic E-state index is 11.3. The number of fused-ring (bicyclic) bond motifs is 3. The zero-order chi connectivity index (χ0) is 16.7. The van der Waals surface area contributed by atoms with Gasteiger partial charge in [0.2, 0.25) is 5.82 Å². The second-order valence-electron chi connectivity index (χ2n) is 5.33. The van der Waals surface area contributed by atoms with Crippen LogP contribution in [0.5, 0.6) is 0 Å². The van der Waals surface area contributed by atoms with Crippen molar-refractivity contribution in [3.05, 3.63) is 26.9 Å². The molecule has 0 amide bonds. The highest BCUT2D eigenvalue weighted by Crippen LogP contribution is 2.41. The van der Waals surface area contributed by atoms with Crippen molar-refractivity contribution in [2.24, 2.45) is 0 Å². The summed E-state index contributed by atoms with van der Waals surface area (Å²) in [6.45, 7) is 0. The number of aryl methyl sites for hydroxylation is 2. The maximum atomic E-state index is 11.3. The fraction of sp³-hybridized carbons (Fsp3) is 0.357. The van der Waals surface area contributed by atoms with Gasteiger partial charge in [-0.15, -0.1) is 11.3 Å². The highest BCUT2D eigenvalue weighted by Gasteiger charge is 2.24. The van der Waals surface area contributed by atoms with Gasteiger partial charge in [-0.25, -0.2) is 15.0 Å². The van der Waals surface area contributed by atoms with Crippen molar-refractivity contribution >= 4 is 61.3 Å². The summed E-state index contributed by atoms with van der Waals surface area (Å²) in [7, 11) is 0. The number of thiazole rings is 1. The van der Waals surface area contributed by atoms with Gasteiger partial charge in [-0.2, -0.15) is 0 Å². The number of nitrogens with one attached hydrogen (secondary N) is 1. The normalized spacial score (nSPS) is 13.9. The molecular formula is C14H13N5O2S3. The van der Waals surface area contributed by atoms with Crippen LogP contribution < -0.4 is 5.32 Å². The van der Waals surface area contributed by atoms with Gasteiger partial charge < -0.3 is 5.32 Å². The van der Waals surface area contributed by atoms with E-state index in [1.807, 2.05) is 6.26 Å². The fourth-order valence-electron chi connectivity index (χ4n) is 2.88. The summed E-state index contributed by atoms with van der Waals surface area (Å²) in [5.74, 6) is 0.866. The molecular weight excluding hydrogens is 366 g/mol. The average molecular weight is 379 g/mol. The van der Waals surface area contributed by atoms with Crippen molar-refractivity contribution < 1.29 is 4.92 Å². The van der Waals surface area contributed by atoms with Crippen molar-refractivity contribution in [3.8, 4) is 0 Å². The van der Waals surface area contributed by atoms with Crippen LogP contribution in [-0.4, -0.2) is 26.1 Å². The third kappa shape index (κ3) is 2.64. The van der Waals surface area contributed by atoms with Gasteiger partial charge in [-0.3, -0.25) is 10.1 Å². The molecule has 3 heterocycles. The Morgan fingerprint density at radius 3 is 2.88 bits per heavy atom. The maximum Gasteiger partial charge on any atom is 0.369 e. The van der Waals surface area contributed by atoms with E-state index in [4.69, 9.17) is 0 Å². The number of anilines is 2. The highest BCUT2D eigenvalue weighted by atomic mass is 32.2. The van der Waals surface area contributed by atoms with Gasteiger partial charge >= 0.3 is 5.00 Å². The Morgan fingerprint density at radius 2 is 2.08 bits per heavy atom. The number of thioether (sulfide) groups is 1. The second kappa shape index (κ2) is 6.26. The van der Waals surface area contributed by atoms with Gasteiger partial charge in [-0.05, 0) is 48.8 Å². The Bertz CT molecular complexity index is 936. The van der Waals surface area contributed by atoms with E-state index in [0.717, 1.165) is 40.8 Å². The van der Waals surface area contributed by atoms with Gasteiger partial charge in [-0.1, -0.05) is 11.8 Å². The van der Waals surface area contributed by atoms with Gasteiger partial charge in [0.15, 0.2) is 4.34 Å². The number of nitrogens with zero attached hydrogens (tertiary/aromatic N) is 4. The van der Waals surface area contributed by atoms with Crippen LogP contribution in [0.25, 0.3) is 10.2 Å². The van der Waals surface area contributed by atoms with E-state index in [1.165, 1.54) is 35.0 Å². The molecule has 1 aliphatic carbocycles. The van der Waals surface area contributed by atoms with Crippen molar-refractivity contribution in [3.63, 3.8) is 0 Å². The van der Waals surface area contributed by atoms with E-state index in [-0.39, 0.29) is 10.8 Å². The molecule has 0 atom stereocenters. The number of aromatic nitrogens is 3. The third-order valence-electron chi connectivity index (χ3n) is 3.92. The Labute approximate surface area is 149 Å². The van der Waals surface area contributed by atoms with Crippen LogP contribution >= 0.6 is 34.4 Å². The lowest BCUT2D eigenvalue weighted by Gasteiger charge is -2.11. The Morgan fingerprint density at radius 1 is 1.25 bits per heavy atom. The smallest absolute Gasteiger partial charge is 0.318 e. The number of thiophene rings is 1. The first-order valence-corrected chi connectivity index (χ1v) is 10.2. The molecule has 0 saturated carbocycles. The zero-order valence-corrected chi connectivity index (χ0v) is 15.2. The zero-order valence-electron chi connectivity index (χ0n) is 12.7. The van der Waals surface area contributed by atoms with E-state index in [2.05, 4.69) is 20.3 Å². The molecule has 4 rings (SSSR count). The van der Waals surface area contributed by atoms with Crippen molar-refractivity contribution in [1.82, 2.24) is 15.0 Å². The van der Waals surface area contributed by atoms with Crippen LogP contribution in [0.2, 0.25) is 0 Å². The Kier molecular flexibility index (Phi) is 4.10. The summed E-state index contributed by atoms with van der Waals surface area (Å²) in [5, 5.41) is 15.4. The molecule has 0 bridgehead atoms. The summed E-state index contributed by atoms with van der Waals surface area (Å²) >= 11 is 4.16. The summed E-state index contributed by atoms with van der Waals surface area (Å²) < 4.78 is 0.654. The molecule has 0 saturated heterocycles. The van der Waals surface area contributed by atoms with E-state index in [9.17, 15) is 10.1 Å². The largest absolute Gasteiger partial charge is 0.369 e. The lowest BCUT2D eigenvalue weighted by molar-refractivity contribution is -0.379. The lowest BCUT2D eigenvalue weighted by Crippen LogP contribution is -2.02. The predicted molar refractivity (Wildman–Crippen MR) is 97.9 cm³/mol. The van der Waals surface area contributed by atoms with Crippen molar-refractivity contribution in [2.75, 3.05) is 11.6 Å². The first-order valence-electron chi connectivity index (χ1n) is 7.39. The summed E-state index contributed by atoms with van der Waals surface area (Å²) in [4.78, 5) is 26.2. The summed E-state index contributed by atoms with van der Waals surface area (Å²) in [6.07, 6.45) is 7.78. The second-order valence-corrected chi connectivity index (χ2v) is 8.45. The van der Waals surface area contributed by atoms with E-state index in [1.54, 1.807) is 11.3 Å². The van der Waals surface area contributed by atoms with Gasteiger partial charge in [0.25, 0.3) is 0 Å². The lowest BCUT2D eigenvalue weighted by atomic mass is 9.97. The van der Waals surface area contributed by atoms with Crippen LogP contribution in [0.15, 0.2) is 10.7 Å². The van der Waals surface area contributed by atoms with Crippen LogP contribution in [-0.2, 0) is 12.8 Å². The van der Waals surface area contributed by atoms with Gasteiger partial charge in [0.1, 0.15) is 17.0 Å².